The molecule has 0 amide bonds. The van der Waals surface area contributed by atoms with Gasteiger partial charge in [-0.2, -0.15) is 4.31 Å². The number of aryl methyl sites for hydroxylation is 1. The number of nitrogens with zero attached hydrogens (tertiary/aromatic N) is 1. The molecule has 1 aromatic rings. The predicted octanol–water partition coefficient (Wildman–Crippen LogP) is 4.28. The molecular formula is C20H31NO3S. The van der Waals surface area contributed by atoms with Crippen molar-refractivity contribution in [3.05, 3.63) is 29.8 Å². The summed E-state index contributed by atoms with van der Waals surface area (Å²) in [4.78, 5) is 0.400. The SMILES string of the molecule is CCCCCCCCOC12CC(C1)N(S(=O)(=O)c1ccc(C)cc1)C2. The lowest BCUT2D eigenvalue weighted by molar-refractivity contribution is -0.0693. The largest absolute Gasteiger partial charge is 0.373 e. The molecule has 0 atom stereocenters. The van der Waals surface area contributed by atoms with E-state index < -0.39 is 10.0 Å². The summed E-state index contributed by atoms with van der Waals surface area (Å²) in [6.07, 6.45) is 9.19. The summed E-state index contributed by atoms with van der Waals surface area (Å²) in [6.45, 7) is 5.47. The first-order chi connectivity index (χ1) is 12.0. The Hall–Kier alpha value is -0.910. The van der Waals surface area contributed by atoms with Crippen molar-refractivity contribution in [3.63, 3.8) is 0 Å². The molecule has 2 aliphatic heterocycles. The average Bonchev–Trinajstić information content (AvgIpc) is 3.11. The monoisotopic (exact) mass is 365 g/mol. The van der Waals surface area contributed by atoms with Gasteiger partial charge in [0, 0.05) is 19.2 Å². The second kappa shape index (κ2) is 7.77. The molecule has 0 aromatic heterocycles. The van der Waals surface area contributed by atoms with Gasteiger partial charge in [-0.1, -0.05) is 56.7 Å². The molecule has 5 heteroatoms. The lowest BCUT2D eigenvalue weighted by Gasteiger charge is -2.36. The minimum atomic E-state index is -3.39. The maximum atomic E-state index is 12.9. The second-order valence-corrected chi connectivity index (χ2v) is 9.62. The number of fused-ring (bicyclic) bond motifs is 1. The summed E-state index contributed by atoms with van der Waals surface area (Å²) in [5, 5.41) is 0. The van der Waals surface area contributed by atoms with Crippen molar-refractivity contribution >= 4 is 10.0 Å². The van der Waals surface area contributed by atoms with Crippen molar-refractivity contribution < 1.29 is 13.2 Å². The summed E-state index contributed by atoms with van der Waals surface area (Å²) in [5.74, 6) is 0. The van der Waals surface area contributed by atoms with Crippen LogP contribution in [0.4, 0.5) is 0 Å². The van der Waals surface area contributed by atoms with E-state index in [9.17, 15) is 8.42 Å². The molecule has 2 bridgehead atoms. The molecule has 2 saturated heterocycles. The van der Waals surface area contributed by atoms with E-state index in [-0.39, 0.29) is 11.6 Å². The van der Waals surface area contributed by atoms with Crippen molar-refractivity contribution in [2.75, 3.05) is 13.2 Å². The van der Waals surface area contributed by atoms with Crippen LogP contribution in [0, 0.1) is 6.92 Å². The Morgan fingerprint density at radius 3 is 2.40 bits per heavy atom. The molecule has 25 heavy (non-hydrogen) atoms. The first-order valence-electron chi connectivity index (χ1n) is 9.69. The molecule has 0 N–H and O–H groups in total. The zero-order valence-corrected chi connectivity index (χ0v) is 16.4. The van der Waals surface area contributed by atoms with Crippen molar-refractivity contribution in [1.29, 1.82) is 0 Å². The topological polar surface area (TPSA) is 46.6 Å². The van der Waals surface area contributed by atoms with Crippen LogP contribution in [0.3, 0.4) is 0 Å². The fraction of sp³-hybridized carbons (Fsp3) is 0.700. The number of hydrogen-bond acceptors (Lipinski definition) is 3. The first kappa shape index (κ1) is 18.9. The maximum Gasteiger partial charge on any atom is 0.243 e. The average molecular weight is 366 g/mol. The van der Waals surface area contributed by atoms with Crippen molar-refractivity contribution in [3.8, 4) is 0 Å². The first-order valence-corrected chi connectivity index (χ1v) is 11.1. The molecule has 0 spiro atoms. The van der Waals surface area contributed by atoms with Crippen LogP contribution < -0.4 is 0 Å². The van der Waals surface area contributed by atoms with Crippen molar-refractivity contribution in [2.45, 2.75) is 81.8 Å². The Labute approximate surface area is 152 Å². The van der Waals surface area contributed by atoms with E-state index in [1.165, 1.54) is 32.1 Å². The van der Waals surface area contributed by atoms with Crippen molar-refractivity contribution in [2.24, 2.45) is 0 Å². The van der Waals surface area contributed by atoms with Gasteiger partial charge in [0.15, 0.2) is 0 Å². The quantitative estimate of drug-likeness (QED) is 0.582. The van der Waals surface area contributed by atoms with Gasteiger partial charge in [-0.3, -0.25) is 0 Å². The van der Waals surface area contributed by atoms with E-state index in [0.717, 1.165) is 31.4 Å². The minimum Gasteiger partial charge on any atom is -0.373 e. The molecular weight excluding hydrogens is 334 g/mol. The van der Waals surface area contributed by atoms with Crippen LogP contribution in [-0.4, -0.2) is 37.5 Å². The highest BCUT2D eigenvalue weighted by Gasteiger charge is 2.59. The zero-order chi connectivity index (χ0) is 17.9. The number of hydrogen-bond donors (Lipinski definition) is 0. The third kappa shape index (κ3) is 4.09. The third-order valence-corrected chi connectivity index (χ3v) is 7.51. The Bertz CT molecular complexity index is 663. The summed E-state index contributed by atoms with van der Waals surface area (Å²) >= 11 is 0. The lowest BCUT2D eigenvalue weighted by atomic mass is 9.81. The molecule has 1 aliphatic carbocycles. The summed E-state index contributed by atoms with van der Waals surface area (Å²) < 4.78 is 33.5. The molecule has 1 aromatic carbocycles. The Morgan fingerprint density at radius 1 is 1.08 bits per heavy atom. The van der Waals surface area contributed by atoms with E-state index in [1.807, 2.05) is 19.1 Å². The van der Waals surface area contributed by atoms with Crippen LogP contribution in [-0.2, 0) is 14.8 Å². The predicted molar refractivity (Wildman–Crippen MR) is 100 cm³/mol. The Kier molecular flexibility index (Phi) is 5.86. The second-order valence-electron chi connectivity index (χ2n) is 7.72. The summed E-state index contributed by atoms with van der Waals surface area (Å²) in [7, 11) is -3.39. The van der Waals surface area contributed by atoms with Crippen LogP contribution in [0.25, 0.3) is 0 Å². The van der Waals surface area contributed by atoms with E-state index in [2.05, 4.69) is 6.92 Å². The van der Waals surface area contributed by atoms with Gasteiger partial charge in [0.25, 0.3) is 0 Å². The molecule has 4 nitrogen and oxygen atoms in total. The van der Waals surface area contributed by atoms with Gasteiger partial charge in [-0.05, 0) is 38.3 Å². The number of sulfonamides is 1. The third-order valence-electron chi connectivity index (χ3n) is 5.60. The van der Waals surface area contributed by atoms with Gasteiger partial charge in [-0.25, -0.2) is 8.42 Å². The van der Waals surface area contributed by atoms with Crippen LogP contribution in [0.5, 0.6) is 0 Å². The molecule has 3 aliphatic rings. The highest BCUT2D eigenvalue weighted by Crippen LogP contribution is 2.49. The smallest absolute Gasteiger partial charge is 0.243 e. The standard InChI is InChI=1S/C20H31NO3S/c1-3-4-5-6-7-8-13-24-20-14-18(15-20)21(16-20)25(22,23)19-11-9-17(2)10-12-19/h9-12,18H,3-8,13-16H2,1-2H3. The van der Waals surface area contributed by atoms with Gasteiger partial charge >= 0.3 is 0 Å². The van der Waals surface area contributed by atoms with Gasteiger partial charge in [-0.15, -0.1) is 0 Å². The maximum absolute atomic E-state index is 12.9. The van der Waals surface area contributed by atoms with Gasteiger partial charge < -0.3 is 4.74 Å². The van der Waals surface area contributed by atoms with Crippen LogP contribution >= 0.6 is 0 Å². The minimum absolute atomic E-state index is 0.121. The van der Waals surface area contributed by atoms with Crippen molar-refractivity contribution in [1.82, 2.24) is 4.31 Å². The highest BCUT2D eigenvalue weighted by molar-refractivity contribution is 7.89. The van der Waals surface area contributed by atoms with Gasteiger partial charge in [0.1, 0.15) is 0 Å². The van der Waals surface area contributed by atoms with Gasteiger partial charge in [0.2, 0.25) is 10.0 Å². The normalized spacial score (nSPS) is 25.9. The molecule has 4 rings (SSSR count). The molecule has 0 unspecified atom stereocenters. The number of benzene rings is 1. The Morgan fingerprint density at radius 2 is 1.72 bits per heavy atom. The Balaban J connectivity index is 1.49. The zero-order valence-electron chi connectivity index (χ0n) is 15.5. The molecule has 140 valence electrons. The summed E-state index contributed by atoms with van der Waals surface area (Å²) in [5.41, 5.74) is 0.856. The van der Waals surface area contributed by atoms with E-state index >= 15 is 0 Å². The van der Waals surface area contributed by atoms with Gasteiger partial charge in [0.05, 0.1) is 10.5 Å². The van der Waals surface area contributed by atoms with Crippen LogP contribution in [0.15, 0.2) is 29.2 Å². The van der Waals surface area contributed by atoms with Crippen LogP contribution in [0.2, 0.25) is 0 Å². The highest BCUT2D eigenvalue weighted by atomic mass is 32.2. The fourth-order valence-electron chi connectivity index (χ4n) is 4.01. The molecule has 2 heterocycles. The van der Waals surface area contributed by atoms with Crippen LogP contribution in [0.1, 0.15) is 63.9 Å². The molecule has 0 radical (unpaired) electrons. The molecule has 3 fully saturated rings. The van der Waals surface area contributed by atoms with E-state index in [4.69, 9.17) is 4.74 Å². The number of rotatable bonds is 10. The molecule has 1 saturated carbocycles. The van der Waals surface area contributed by atoms with E-state index in [0.29, 0.717) is 11.4 Å². The summed E-state index contributed by atoms with van der Waals surface area (Å²) in [6, 6.07) is 7.26. The number of unbranched alkanes of at least 4 members (excludes halogenated alkanes) is 5. The fourth-order valence-corrected chi connectivity index (χ4v) is 5.70. The number of ether oxygens (including phenoxy) is 1. The lowest BCUT2D eigenvalue weighted by Crippen LogP contribution is -2.43. The van der Waals surface area contributed by atoms with E-state index in [1.54, 1.807) is 16.4 Å².